The normalized spacial score (nSPS) is 14.7. The van der Waals surface area contributed by atoms with Gasteiger partial charge in [0, 0.05) is 31.4 Å². The third kappa shape index (κ3) is 3.52. The molecule has 0 unspecified atom stereocenters. The van der Waals surface area contributed by atoms with Gasteiger partial charge in [-0.3, -0.25) is 9.20 Å². The Hall–Kier alpha value is -2.52. The quantitative estimate of drug-likeness (QED) is 0.659. The van der Waals surface area contributed by atoms with Crippen LogP contribution in [0, 0.1) is 0 Å². The molecule has 2 aromatic heterocycles. The summed E-state index contributed by atoms with van der Waals surface area (Å²) in [7, 11) is -3.59. The van der Waals surface area contributed by atoms with Gasteiger partial charge < -0.3 is 4.57 Å². The van der Waals surface area contributed by atoms with Crippen LogP contribution in [0.5, 0.6) is 0 Å². The van der Waals surface area contributed by atoms with Gasteiger partial charge in [0.15, 0.2) is 0 Å². The van der Waals surface area contributed by atoms with Crippen molar-refractivity contribution < 1.29 is 8.42 Å². The first-order chi connectivity index (χ1) is 13.0. The minimum absolute atomic E-state index is 0.157. The smallest absolute Gasteiger partial charge is 0.296 e. The largest absolute Gasteiger partial charge is 0.308 e. The summed E-state index contributed by atoms with van der Waals surface area (Å²) in [5, 5.41) is 8.05. The second-order valence-electron chi connectivity index (χ2n) is 6.70. The van der Waals surface area contributed by atoms with Crippen molar-refractivity contribution in [1.82, 2.24) is 23.9 Å². The predicted octanol–water partition coefficient (Wildman–Crippen LogP) is 1.31. The van der Waals surface area contributed by atoms with Gasteiger partial charge in [0.1, 0.15) is 5.82 Å². The lowest BCUT2D eigenvalue weighted by Gasteiger charge is -2.08. The van der Waals surface area contributed by atoms with Gasteiger partial charge in [-0.2, -0.15) is 0 Å². The molecule has 142 valence electrons. The highest BCUT2D eigenvalue weighted by molar-refractivity contribution is 7.89. The van der Waals surface area contributed by atoms with Crippen molar-refractivity contribution in [3.8, 4) is 0 Å². The van der Waals surface area contributed by atoms with Crippen molar-refractivity contribution in [2.75, 3.05) is 6.54 Å². The number of benzene rings is 1. The van der Waals surface area contributed by atoms with E-state index in [1.807, 2.05) is 13.0 Å². The van der Waals surface area contributed by atoms with Crippen LogP contribution in [0.2, 0.25) is 0 Å². The number of aromatic nitrogens is 4. The maximum absolute atomic E-state index is 12.5. The standard InChI is InChI=1S/C18H21N5O3S/c1-2-13-4-3-5-15(12-13)27(25,26)19-9-8-16-20-21-17-18(24)22(14-6-7-14)10-11-23(16)17/h3-5,10-12,14,19H,2,6-9H2,1H3. The molecule has 1 saturated carbocycles. The second-order valence-corrected chi connectivity index (χ2v) is 8.47. The molecule has 9 heteroatoms. The van der Waals surface area contributed by atoms with Gasteiger partial charge in [0.25, 0.3) is 5.56 Å². The van der Waals surface area contributed by atoms with Crippen LogP contribution in [0.25, 0.3) is 5.65 Å². The molecule has 0 spiro atoms. The SMILES string of the molecule is CCc1cccc(S(=O)(=O)NCCc2nnc3c(=O)n(C4CC4)ccn23)c1. The van der Waals surface area contributed by atoms with E-state index in [9.17, 15) is 13.2 Å². The molecule has 0 aliphatic heterocycles. The summed E-state index contributed by atoms with van der Waals surface area (Å²) < 4.78 is 30.8. The first kappa shape index (κ1) is 17.9. The molecule has 4 rings (SSSR count). The summed E-state index contributed by atoms with van der Waals surface area (Å²) in [6.45, 7) is 2.15. The van der Waals surface area contributed by atoms with Gasteiger partial charge in [-0.15, -0.1) is 10.2 Å². The number of hydrogen-bond donors (Lipinski definition) is 1. The number of sulfonamides is 1. The Kier molecular flexibility index (Phi) is 4.56. The molecule has 2 heterocycles. The maximum atomic E-state index is 12.5. The van der Waals surface area contributed by atoms with Crippen molar-refractivity contribution in [2.45, 2.75) is 43.5 Å². The van der Waals surface area contributed by atoms with Crippen LogP contribution in [0.4, 0.5) is 0 Å². The molecule has 1 aliphatic carbocycles. The summed E-state index contributed by atoms with van der Waals surface area (Å²) in [6.07, 6.45) is 6.65. The lowest BCUT2D eigenvalue weighted by Crippen LogP contribution is -2.27. The van der Waals surface area contributed by atoms with Crippen LogP contribution in [-0.2, 0) is 22.9 Å². The predicted molar refractivity (Wildman–Crippen MR) is 100 cm³/mol. The minimum Gasteiger partial charge on any atom is -0.308 e. The molecule has 0 amide bonds. The zero-order valence-corrected chi connectivity index (χ0v) is 15.8. The lowest BCUT2D eigenvalue weighted by atomic mass is 10.2. The Morgan fingerprint density at radius 2 is 2.04 bits per heavy atom. The summed E-state index contributed by atoms with van der Waals surface area (Å²) in [6, 6.07) is 7.16. The molecule has 1 aliphatic rings. The van der Waals surface area contributed by atoms with E-state index in [0.717, 1.165) is 24.8 Å². The third-order valence-electron chi connectivity index (χ3n) is 4.77. The average molecular weight is 387 g/mol. The van der Waals surface area contributed by atoms with E-state index in [4.69, 9.17) is 0 Å². The summed E-state index contributed by atoms with van der Waals surface area (Å²) in [5.74, 6) is 0.551. The molecule has 1 fully saturated rings. The van der Waals surface area contributed by atoms with E-state index in [1.165, 1.54) is 0 Å². The van der Waals surface area contributed by atoms with E-state index >= 15 is 0 Å². The number of rotatable bonds is 7. The molecule has 0 atom stereocenters. The molecule has 3 aromatic rings. The van der Waals surface area contributed by atoms with Gasteiger partial charge >= 0.3 is 0 Å². The number of nitrogens with one attached hydrogen (secondary N) is 1. The fourth-order valence-corrected chi connectivity index (χ4v) is 4.17. The topological polar surface area (TPSA) is 98.4 Å². The molecular weight excluding hydrogens is 366 g/mol. The van der Waals surface area contributed by atoms with Gasteiger partial charge in [0.2, 0.25) is 15.7 Å². The molecular formula is C18H21N5O3S. The van der Waals surface area contributed by atoms with Crippen LogP contribution in [-0.4, -0.2) is 34.1 Å². The molecule has 27 heavy (non-hydrogen) atoms. The summed E-state index contributed by atoms with van der Waals surface area (Å²) in [4.78, 5) is 12.7. The molecule has 1 aromatic carbocycles. The average Bonchev–Trinajstić information content (AvgIpc) is 3.43. The van der Waals surface area contributed by atoms with E-state index in [1.54, 1.807) is 39.6 Å². The van der Waals surface area contributed by atoms with E-state index in [-0.39, 0.29) is 28.7 Å². The Labute approximate surface area is 156 Å². The number of nitrogens with zero attached hydrogens (tertiary/aromatic N) is 4. The number of aryl methyl sites for hydroxylation is 1. The second kappa shape index (κ2) is 6.90. The van der Waals surface area contributed by atoms with Crippen LogP contribution < -0.4 is 10.3 Å². The van der Waals surface area contributed by atoms with Crippen molar-refractivity contribution in [3.63, 3.8) is 0 Å². The number of fused-ring (bicyclic) bond motifs is 1. The van der Waals surface area contributed by atoms with Crippen molar-refractivity contribution in [1.29, 1.82) is 0 Å². The highest BCUT2D eigenvalue weighted by Crippen LogP contribution is 2.33. The molecule has 0 bridgehead atoms. The van der Waals surface area contributed by atoms with Gasteiger partial charge in [-0.05, 0) is 37.0 Å². The minimum atomic E-state index is -3.59. The Bertz CT molecular complexity index is 1150. The monoisotopic (exact) mass is 387 g/mol. The fraction of sp³-hybridized carbons (Fsp3) is 0.389. The molecule has 0 radical (unpaired) electrons. The first-order valence-electron chi connectivity index (χ1n) is 9.03. The summed E-state index contributed by atoms with van der Waals surface area (Å²) in [5.41, 5.74) is 1.09. The third-order valence-corrected chi connectivity index (χ3v) is 6.23. The fourth-order valence-electron chi connectivity index (χ4n) is 3.07. The van der Waals surface area contributed by atoms with Gasteiger partial charge in [0.05, 0.1) is 4.90 Å². The van der Waals surface area contributed by atoms with Crippen molar-refractivity contribution >= 4 is 15.7 Å². The van der Waals surface area contributed by atoms with Crippen LogP contribution >= 0.6 is 0 Å². The van der Waals surface area contributed by atoms with Crippen molar-refractivity contribution in [3.05, 3.63) is 58.4 Å². The number of hydrogen-bond acceptors (Lipinski definition) is 5. The zero-order chi connectivity index (χ0) is 19.0. The highest BCUT2D eigenvalue weighted by atomic mass is 32.2. The van der Waals surface area contributed by atoms with Gasteiger partial charge in [-0.1, -0.05) is 19.1 Å². The molecule has 0 saturated heterocycles. The van der Waals surface area contributed by atoms with E-state index in [0.29, 0.717) is 12.2 Å². The van der Waals surface area contributed by atoms with E-state index in [2.05, 4.69) is 14.9 Å². The highest BCUT2D eigenvalue weighted by Gasteiger charge is 2.25. The van der Waals surface area contributed by atoms with Gasteiger partial charge in [-0.25, -0.2) is 13.1 Å². The first-order valence-corrected chi connectivity index (χ1v) is 10.5. The summed E-state index contributed by atoms with van der Waals surface area (Å²) >= 11 is 0. The molecule has 8 nitrogen and oxygen atoms in total. The van der Waals surface area contributed by atoms with E-state index < -0.39 is 10.0 Å². The Morgan fingerprint density at radius 3 is 2.78 bits per heavy atom. The zero-order valence-electron chi connectivity index (χ0n) is 15.0. The van der Waals surface area contributed by atoms with Crippen LogP contribution in [0.15, 0.2) is 46.3 Å². The Balaban J connectivity index is 1.49. The van der Waals surface area contributed by atoms with Crippen LogP contribution in [0.1, 0.15) is 37.2 Å². The maximum Gasteiger partial charge on any atom is 0.296 e. The lowest BCUT2D eigenvalue weighted by molar-refractivity contribution is 0.580. The van der Waals surface area contributed by atoms with Crippen LogP contribution in [0.3, 0.4) is 0 Å². The molecule has 1 N–H and O–H groups in total. The Morgan fingerprint density at radius 1 is 1.22 bits per heavy atom. The van der Waals surface area contributed by atoms with Crippen molar-refractivity contribution in [2.24, 2.45) is 0 Å².